The highest BCUT2D eigenvalue weighted by molar-refractivity contribution is 7.13. The molecule has 2 heterocycles. The van der Waals surface area contributed by atoms with Crippen LogP contribution in [-0.2, 0) is 6.54 Å². The van der Waals surface area contributed by atoms with E-state index in [4.69, 9.17) is 0 Å². The standard InChI is InChI=1S/C20H23N3OS/c1-6-9-23-17-8-7-15(12(2)3)10-16(17)14(5)18(23)19(24)22-20-21-13(4)11-25-20/h6-8,10-12H,1,9H2,2-5H3,(H,21,22,24). The Morgan fingerprint density at radius 1 is 1.40 bits per heavy atom. The minimum absolute atomic E-state index is 0.129. The number of amides is 1. The normalized spacial score (nSPS) is 11.2. The van der Waals surface area contributed by atoms with Crippen LogP contribution in [0.15, 0.2) is 36.2 Å². The summed E-state index contributed by atoms with van der Waals surface area (Å²) in [5.41, 5.74) is 4.90. The van der Waals surface area contributed by atoms with Crippen LogP contribution in [-0.4, -0.2) is 15.5 Å². The molecule has 1 N–H and O–H groups in total. The second-order valence-corrected chi connectivity index (χ2v) is 7.41. The van der Waals surface area contributed by atoms with Crippen LogP contribution in [0.25, 0.3) is 10.9 Å². The lowest BCUT2D eigenvalue weighted by atomic mass is 10.0. The van der Waals surface area contributed by atoms with E-state index in [1.165, 1.54) is 16.9 Å². The van der Waals surface area contributed by atoms with Crippen molar-refractivity contribution in [2.45, 2.75) is 40.2 Å². The summed E-state index contributed by atoms with van der Waals surface area (Å²) >= 11 is 1.44. The third kappa shape index (κ3) is 3.24. The number of aromatic nitrogens is 2. The predicted octanol–water partition coefficient (Wildman–Crippen LogP) is 5.28. The Morgan fingerprint density at radius 3 is 2.76 bits per heavy atom. The fourth-order valence-corrected chi connectivity index (χ4v) is 3.76. The van der Waals surface area contributed by atoms with Gasteiger partial charge in [-0.3, -0.25) is 10.1 Å². The summed E-state index contributed by atoms with van der Waals surface area (Å²) in [5.74, 6) is 0.318. The first-order valence-electron chi connectivity index (χ1n) is 8.39. The summed E-state index contributed by atoms with van der Waals surface area (Å²) in [6.07, 6.45) is 1.82. The maximum absolute atomic E-state index is 12.9. The fourth-order valence-electron chi connectivity index (χ4n) is 3.08. The van der Waals surface area contributed by atoms with Crippen molar-refractivity contribution in [1.29, 1.82) is 0 Å². The van der Waals surface area contributed by atoms with Gasteiger partial charge in [-0.15, -0.1) is 17.9 Å². The molecule has 3 aromatic rings. The molecule has 3 rings (SSSR count). The van der Waals surface area contributed by atoms with Crippen LogP contribution in [0.2, 0.25) is 0 Å². The van der Waals surface area contributed by atoms with E-state index in [0.29, 0.717) is 23.3 Å². The van der Waals surface area contributed by atoms with Gasteiger partial charge in [0.2, 0.25) is 0 Å². The molecule has 0 fully saturated rings. The number of anilines is 1. The van der Waals surface area contributed by atoms with Gasteiger partial charge in [-0.05, 0) is 43.0 Å². The molecule has 0 bridgehead atoms. The maximum atomic E-state index is 12.9. The van der Waals surface area contributed by atoms with E-state index < -0.39 is 0 Å². The number of carbonyl (C=O) groups excluding carboxylic acids is 1. The van der Waals surface area contributed by atoms with E-state index in [0.717, 1.165) is 22.2 Å². The number of allylic oxidation sites excluding steroid dienone is 1. The van der Waals surface area contributed by atoms with E-state index in [-0.39, 0.29) is 5.91 Å². The van der Waals surface area contributed by atoms with Crippen LogP contribution >= 0.6 is 11.3 Å². The summed E-state index contributed by atoms with van der Waals surface area (Å²) in [5, 5.41) is 6.60. The smallest absolute Gasteiger partial charge is 0.274 e. The quantitative estimate of drug-likeness (QED) is 0.635. The SMILES string of the molecule is C=CCn1c(C(=O)Nc2nc(C)cs2)c(C)c2cc(C(C)C)ccc21. The number of hydrogen-bond acceptors (Lipinski definition) is 3. The summed E-state index contributed by atoms with van der Waals surface area (Å²) in [4.78, 5) is 17.3. The highest BCUT2D eigenvalue weighted by Crippen LogP contribution is 2.30. The van der Waals surface area contributed by atoms with Gasteiger partial charge in [0.05, 0.1) is 5.69 Å². The number of rotatable bonds is 5. The first-order valence-corrected chi connectivity index (χ1v) is 9.27. The Bertz CT molecular complexity index is 949. The molecular formula is C20H23N3OS. The molecule has 0 aliphatic rings. The summed E-state index contributed by atoms with van der Waals surface area (Å²) in [6, 6.07) is 6.43. The molecule has 0 unspecified atom stereocenters. The zero-order valence-corrected chi connectivity index (χ0v) is 15.9. The minimum Gasteiger partial charge on any atom is -0.332 e. The lowest BCUT2D eigenvalue weighted by molar-refractivity contribution is 0.101. The Hall–Kier alpha value is -2.40. The molecular weight excluding hydrogens is 330 g/mol. The second kappa shape index (κ2) is 6.84. The van der Waals surface area contributed by atoms with Crippen LogP contribution in [0, 0.1) is 13.8 Å². The Kier molecular flexibility index (Phi) is 4.77. The molecule has 4 nitrogen and oxygen atoms in total. The Labute approximate surface area is 152 Å². The van der Waals surface area contributed by atoms with Crippen molar-refractivity contribution in [2.24, 2.45) is 0 Å². The van der Waals surface area contributed by atoms with Crippen molar-refractivity contribution in [2.75, 3.05) is 5.32 Å². The van der Waals surface area contributed by atoms with Crippen LogP contribution < -0.4 is 5.32 Å². The van der Waals surface area contributed by atoms with E-state index in [2.05, 4.69) is 48.9 Å². The van der Waals surface area contributed by atoms with Crippen molar-refractivity contribution >= 4 is 33.3 Å². The average molecular weight is 353 g/mol. The van der Waals surface area contributed by atoms with Gasteiger partial charge >= 0.3 is 0 Å². The molecule has 0 radical (unpaired) electrons. The number of thiazole rings is 1. The highest BCUT2D eigenvalue weighted by Gasteiger charge is 2.21. The van der Waals surface area contributed by atoms with Crippen molar-refractivity contribution in [3.8, 4) is 0 Å². The number of nitrogens with zero attached hydrogens (tertiary/aromatic N) is 2. The average Bonchev–Trinajstić information content (AvgIpc) is 3.09. The highest BCUT2D eigenvalue weighted by atomic mass is 32.1. The summed E-state index contributed by atoms with van der Waals surface area (Å²) < 4.78 is 2.03. The lowest BCUT2D eigenvalue weighted by Crippen LogP contribution is -2.18. The zero-order valence-electron chi connectivity index (χ0n) is 15.1. The third-order valence-electron chi connectivity index (χ3n) is 4.37. The molecule has 2 aromatic heterocycles. The van der Waals surface area contributed by atoms with E-state index >= 15 is 0 Å². The van der Waals surface area contributed by atoms with Crippen LogP contribution in [0.4, 0.5) is 5.13 Å². The predicted molar refractivity (Wildman–Crippen MR) is 106 cm³/mol. The van der Waals surface area contributed by atoms with Gasteiger partial charge in [-0.25, -0.2) is 4.98 Å². The molecule has 1 amide bonds. The van der Waals surface area contributed by atoms with Crippen molar-refractivity contribution < 1.29 is 4.79 Å². The van der Waals surface area contributed by atoms with Crippen LogP contribution in [0.1, 0.15) is 47.1 Å². The molecule has 0 atom stereocenters. The summed E-state index contributed by atoms with van der Waals surface area (Å²) in [7, 11) is 0. The Morgan fingerprint density at radius 2 is 2.16 bits per heavy atom. The van der Waals surface area contributed by atoms with Gasteiger partial charge in [-0.1, -0.05) is 26.0 Å². The van der Waals surface area contributed by atoms with E-state index in [1.807, 2.05) is 29.9 Å². The van der Waals surface area contributed by atoms with Gasteiger partial charge in [0.15, 0.2) is 5.13 Å². The van der Waals surface area contributed by atoms with Crippen LogP contribution in [0.3, 0.4) is 0 Å². The van der Waals surface area contributed by atoms with Gasteiger partial charge in [0.25, 0.3) is 5.91 Å². The second-order valence-electron chi connectivity index (χ2n) is 6.55. The molecule has 0 saturated heterocycles. The first-order chi connectivity index (χ1) is 11.9. The van der Waals surface area contributed by atoms with Crippen LogP contribution in [0.5, 0.6) is 0 Å². The van der Waals surface area contributed by atoms with Gasteiger partial charge in [0, 0.05) is 22.8 Å². The third-order valence-corrected chi connectivity index (χ3v) is 5.25. The maximum Gasteiger partial charge on any atom is 0.274 e. The van der Waals surface area contributed by atoms with Crippen molar-refractivity contribution in [1.82, 2.24) is 9.55 Å². The van der Waals surface area contributed by atoms with Crippen molar-refractivity contribution in [3.05, 3.63) is 58.7 Å². The van der Waals surface area contributed by atoms with Gasteiger partial charge in [0.1, 0.15) is 5.69 Å². The van der Waals surface area contributed by atoms with E-state index in [1.54, 1.807) is 0 Å². The molecule has 1 aromatic carbocycles. The largest absolute Gasteiger partial charge is 0.332 e. The van der Waals surface area contributed by atoms with E-state index in [9.17, 15) is 4.79 Å². The molecule has 5 heteroatoms. The monoisotopic (exact) mass is 353 g/mol. The van der Waals surface area contributed by atoms with Gasteiger partial charge in [-0.2, -0.15) is 0 Å². The number of nitrogens with one attached hydrogen (secondary N) is 1. The minimum atomic E-state index is -0.129. The van der Waals surface area contributed by atoms with Gasteiger partial charge < -0.3 is 4.57 Å². The molecule has 0 aliphatic carbocycles. The van der Waals surface area contributed by atoms with Crippen molar-refractivity contribution in [3.63, 3.8) is 0 Å². The topological polar surface area (TPSA) is 46.9 Å². The first kappa shape index (κ1) is 17.4. The number of benzene rings is 1. The molecule has 130 valence electrons. The Balaban J connectivity index is 2.11. The molecule has 25 heavy (non-hydrogen) atoms. The lowest BCUT2D eigenvalue weighted by Gasteiger charge is -2.09. The summed E-state index contributed by atoms with van der Waals surface area (Å²) in [6.45, 7) is 12.7. The molecule has 0 saturated carbocycles. The number of fused-ring (bicyclic) bond motifs is 1. The number of carbonyl (C=O) groups is 1. The number of hydrogen-bond donors (Lipinski definition) is 1. The molecule has 0 spiro atoms. The zero-order chi connectivity index (χ0) is 18.1. The number of aryl methyl sites for hydroxylation is 2. The molecule has 0 aliphatic heterocycles. The fraction of sp³-hybridized carbons (Fsp3) is 0.300.